The number of ether oxygens (including phenoxy) is 1. The van der Waals surface area contributed by atoms with Crippen LogP contribution in [-0.2, 0) is 4.79 Å². The molecule has 1 amide bonds. The van der Waals surface area contributed by atoms with Gasteiger partial charge in [0, 0.05) is 25.5 Å². The molecular formula is C24H27N5O2. The number of nitrogens with two attached hydrogens (primary N) is 1. The minimum atomic E-state index is 0.109. The lowest BCUT2D eigenvalue weighted by atomic mass is 10.1. The number of amides is 1. The highest BCUT2D eigenvalue weighted by Gasteiger charge is 2.29. The quantitative estimate of drug-likeness (QED) is 0.588. The normalized spacial score (nSPS) is 16.1. The van der Waals surface area contributed by atoms with Gasteiger partial charge in [-0.3, -0.25) is 4.79 Å². The first-order valence-corrected chi connectivity index (χ1v) is 10.3. The topological polar surface area (TPSA) is 74.9 Å². The van der Waals surface area contributed by atoms with Crippen molar-refractivity contribution in [1.29, 1.82) is 0 Å². The highest BCUT2D eigenvalue weighted by atomic mass is 16.5. The Kier molecular flexibility index (Phi) is 6.04. The van der Waals surface area contributed by atoms with Crippen LogP contribution in [0.25, 0.3) is 0 Å². The molecule has 0 bridgehead atoms. The maximum absolute atomic E-state index is 12.1. The molecule has 31 heavy (non-hydrogen) atoms. The van der Waals surface area contributed by atoms with Crippen molar-refractivity contribution in [3.63, 3.8) is 0 Å². The van der Waals surface area contributed by atoms with E-state index < -0.39 is 0 Å². The number of carbonyl (C=O) groups is 1. The van der Waals surface area contributed by atoms with Crippen LogP contribution in [0, 0.1) is 0 Å². The average molecular weight is 418 g/mol. The van der Waals surface area contributed by atoms with Gasteiger partial charge in [0.25, 0.3) is 0 Å². The van der Waals surface area contributed by atoms with E-state index in [9.17, 15) is 4.79 Å². The van der Waals surface area contributed by atoms with E-state index in [1.54, 1.807) is 11.1 Å². The van der Waals surface area contributed by atoms with Gasteiger partial charge in [0.05, 0.1) is 11.7 Å². The molecule has 1 atom stereocenters. The van der Waals surface area contributed by atoms with Gasteiger partial charge in [0.1, 0.15) is 23.0 Å². The van der Waals surface area contributed by atoms with E-state index in [0.717, 1.165) is 48.8 Å². The molecule has 160 valence electrons. The van der Waals surface area contributed by atoms with Crippen molar-refractivity contribution in [3.05, 3.63) is 66.9 Å². The summed E-state index contributed by atoms with van der Waals surface area (Å²) < 4.78 is 5.88. The van der Waals surface area contributed by atoms with Gasteiger partial charge in [-0.05, 0) is 62.5 Å². The molecule has 7 heteroatoms. The third-order valence-corrected chi connectivity index (χ3v) is 5.62. The fourth-order valence-corrected chi connectivity index (χ4v) is 3.98. The second-order valence-corrected chi connectivity index (χ2v) is 7.75. The van der Waals surface area contributed by atoms with Crippen LogP contribution in [0.4, 0.5) is 22.9 Å². The summed E-state index contributed by atoms with van der Waals surface area (Å²) in [5, 5.41) is 0. The third kappa shape index (κ3) is 4.46. The number of anilines is 4. The van der Waals surface area contributed by atoms with Crippen LogP contribution in [0.3, 0.4) is 0 Å². The van der Waals surface area contributed by atoms with E-state index in [-0.39, 0.29) is 6.04 Å². The number of benzene rings is 2. The molecule has 1 fully saturated rings. The number of hydrogen-bond acceptors (Lipinski definition) is 6. The predicted octanol–water partition coefficient (Wildman–Crippen LogP) is 3.89. The van der Waals surface area contributed by atoms with Crippen LogP contribution in [0.1, 0.15) is 6.42 Å². The zero-order valence-electron chi connectivity index (χ0n) is 17.8. The molecule has 1 aliphatic rings. The largest absolute Gasteiger partial charge is 0.457 e. The minimum absolute atomic E-state index is 0.109. The number of aromatic nitrogens is 1. The van der Waals surface area contributed by atoms with E-state index in [1.807, 2.05) is 72.6 Å². The zero-order chi connectivity index (χ0) is 21.8. The molecule has 1 aromatic heterocycles. The number of para-hydroxylation sites is 1. The highest BCUT2D eigenvalue weighted by Crippen LogP contribution is 2.38. The Morgan fingerprint density at radius 1 is 1.10 bits per heavy atom. The maximum atomic E-state index is 12.1. The number of hydrogen-bond donors (Lipinski definition) is 1. The molecule has 1 saturated heterocycles. The first kappa shape index (κ1) is 20.7. The number of pyridine rings is 1. The molecular weight excluding hydrogens is 390 g/mol. The van der Waals surface area contributed by atoms with Crippen LogP contribution in [-0.4, -0.2) is 49.5 Å². The van der Waals surface area contributed by atoms with Crippen molar-refractivity contribution in [2.24, 2.45) is 0 Å². The monoisotopic (exact) mass is 417 g/mol. The van der Waals surface area contributed by atoms with E-state index in [2.05, 4.69) is 16.9 Å². The molecule has 0 saturated carbocycles. The Bertz CT molecular complexity index is 1030. The lowest BCUT2D eigenvalue weighted by Crippen LogP contribution is -2.37. The molecule has 7 nitrogen and oxygen atoms in total. The minimum Gasteiger partial charge on any atom is -0.457 e. The van der Waals surface area contributed by atoms with Gasteiger partial charge in [-0.2, -0.15) is 0 Å². The van der Waals surface area contributed by atoms with Crippen LogP contribution in [0.5, 0.6) is 11.5 Å². The smallest absolute Gasteiger partial charge is 0.214 e. The van der Waals surface area contributed by atoms with Crippen LogP contribution < -0.4 is 20.3 Å². The third-order valence-electron chi connectivity index (χ3n) is 5.62. The van der Waals surface area contributed by atoms with Crippen LogP contribution >= 0.6 is 0 Å². The van der Waals surface area contributed by atoms with Crippen molar-refractivity contribution in [1.82, 2.24) is 9.88 Å². The Morgan fingerprint density at radius 2 is 1.81 bits per heavy atom. The molecule has 1 aliphatic heterocycles. The van der Waals surface area contributed by atoms with E-state index in [0.29, 0.717) is 11.5 Å². The van der Waals surface area contributed by atoms with Crippen molar-refractivity contribution >= 4 is 29.3 Å². The molecule has 2 N–H and O–H groups in total. The van der Waals surface area contributed by atoms with Gasteiger partial charge in [0.2, 0.25) is 6.41 Å². The summed E-state index contributed by atoms with van der Waals surface area (Å²) in [6, 6.07) is 19.4. The summed E-state index contributed by atoms with van der Waals surface area (Å²) in [5.74, 6) is 1.90. The first-order valence-electron chi connectivity index (χ1n) is 10.3. The number of likely N-dealkylation sites (N-methyl/N-ethyl adjacent to an activating group) is 1. The molecule has 3 aromatic rings. The molecule has 1 unspecified atom stereocenters. The molecule has 4 rings (SSSR count). The average Bonchev–Trinajstić information content (AvgIpc) is 3.21. The maximum Gasteiger partial charge on any atom is 0.214 e. The number of rotatable bonds is 7. The van der Waals surface area contributed by atoms with Crippen molar-refractivity contribution in [2.75, 3.05) is 42.7 Å². The Hall–Kier alpha value is -3.58. The number of nitrogens with zero attached hydrogens (tertiary/aromatic N) is 4. The molecule has 0 radical (unpaired) electrons. The fourth-order valence-electron chi connectivity index (χ4n) is 3.98. The molecule has 2 aromatic carbocycles. The van der Waals surface area contributed by atoms with Crippen LogP contribution in [0.2, 0.25) is 0 Å². The Morgan fingerprint density at radius 3 is 2.45 bits per heavy atom. The van der Waals surface area contributed by atoms with E-state index in [4.69, 9.17) is 10.5 Å². The summed E-state index contributed by atoms with van der Waals surface area (Å²) in [6.07, 6.45) is 3.47. The standard InChI is InChI=1S/C24H27N5O2/c1-27-15-13-19(16-27)29(17-30)22-12-14-26-24(25)23(22)28(2)18-8-10-21(11-9-18)31-20-6-4-3-5-7-20/h3-12,14,17,19H,13,15-16H2,1-2H3,(H2,25,26). The zero-order valence-corrected chi connectivity index (χ0v) is 17.8. The Balaban J connectivity index is 1.61. The number of likely N-dealkylation sites (tertiary alicyclic amines) is 1. The highest BCUT2D eigenvalue weighted by molar-refractivity contribution is 5.91. The first-order chi connectivity index (χ1) is 15.1. The van der Waals surface area contributed by atoms with Gasteiger partial charge < -0.3 is 25.2 Å². The van der Waals surface area contributed by atoms with Gasteiger partial charge >= 0.3 is 0 Å². The second-order valence-electron chi connectivity index (χ2n) is 7.75. The molecule has 2 heterocycles. The van der Waals surface area contributed by atoms with Gasteiger partial charge in [-0.15, -0.1) is 0 Å². The summed E-state index contributed by atoms with van der Waals surface area (Å²) in [5.41, 5.74) is 8.66. The summed E-state index contributed by atoms with van der Waals surface area (Å²) in [4.78, 5) is 22.3. The van der Waals surface area contributed by atoms with Gasteiger partial charge in [-0.25, -0.2) is 4.98 Å². The lowest BCUT2D eigenvalue weighted by molar-refractivity contribution is -0.107. The van der Waals surface area contributed by atoms with Crippen molar-refractivity contribution in [3.8, 4) is 11.5 Å². The Labute approximate surface area is 182 Å². The van der Waals surface area contributed by atoms with Crippen LogP contribution in [0.15, 0.2) is 66.9 Å². The summed E-state index contributed by atoms with van der Waals surface area (Å²) in [6.45, 7) is 1.79. The SMILES string of the molecule is CN1CCC(N(C=O)c2ccnc(N)c2N(C)c2ccc(Oc3ccccc3)cc2)C1. The molecule has 0 aliphatic carbocycles. The van der Waals surface area contributed by atoms with Gasteiger partial charge in [0.15, 0.2) is 0 Å². The lowest BCUT2D eigenvalue weighted by Gasteiger charge is -2.31. The number of carbonyl (C=O) groups excluding carboxylic acids is 1. The predicted molar refractivity (Wildman–Crippen MR) is 124 cm³/mol. The van der Waals surface area contributed by atoms with Crippen molar-refractivity contribution in [2.45, 2.75) is 12.5 Å². The summed E-state index contributed by atoms with van der Waals surface area (Å²) >= 11 is 0. The van der Waals surface area contributed by atoms with E-state index >= 15 is 0 Å². The number of nitrogen functional groups attached to an aromatic ring is 1. The van der Waals surface area contributed by atoms with E-state index in [1.165, 1.54) is 0 Å². The van der Waals surface area contributed by atoms with Crippen molar-refractivity contribution < 1.29 is 9.53 Å². The van der Waals surface area contributed by atoms with Gasteiger partial charge in [-0.1, -0.05) is 18.2 Å². The fraction of sp³-hybridized carbons (Fsp3) is 0.250. The second kappa shape index (κ2) is 9.06. The summed E-state index contributed by atoms with van der Waals surface area (Å²) in [7, 11) is 3.99. The molecule has 0 spiro atoms.